The quantitative estimate of drug-likeness (QED) is 0.505. The molecule has 2 aromatic rings. The molecule has 4 rings (SSSR count). The third-order valence-electron chi connectivity index (χ3n) is 7.36. The van der Waals surface area contributed by atoms with Crippen LogP contribution in [0.15, 0.2) is 22.6 Å². The van der Waals surface area contributed by atoms with E-state index in [1.54, 1.807) is 25.3 Å². The molecule has 38 heavy (non-hydrogen) atoms. The summed E-state index contributed by atoms with van der Waals surface area (Å²) >= 11 is 0. The predicted octanol–water partition coefficient (Wildman–Crippen LogP) is 4.93. The molecular weight excluding hydrogens is 500 g/mol. The van der Waals surface area contributed by atoms with Crippen LogP contribution < -0.4 is 14.2 Å². The molecule has 1 amide bonds. The van der Waals surface area contributed by atoms with Gasteiger partial charge in [-0.25, -0.2) is 0 Å². The largest absolute Gasteiger partial charge is 0.497 e. The van der Waals surface area contributed by atoms with Crippen molar-refractivity contribution >= 4 is 5.91 Å². The number of likely N-dealkylation sites (tertiary alicyclic amines) is 1. The Labute approximate surface area is 221 Å². The van der Waals surface area contributed by atoms with Gasteiger partial charge in [-0.2, -0.15) is 8.78 Å². The zero-order valence-corrected chi connectivity index (χ0v) is 22.8. The number of carbonyl (C=O) groups excluding carboxylic acids is 1. The summed E-state index contributed by atoms with van der Waals surface area (Å²) in [5.41, 5.74) is -3.54. The minimum absolute atomic E-state index is 0.0586. The number of rotatable bonds is 8. The fourth-order valence-electron chi connectivity index (χ4n) is 6.43. The van der Waals surface area contributed by atoms with Crippen molar-refractivity contribution < 1.29 is 37.3 Å². The second-order valence-electron chi connectivity index (χ2n) is 12.0. The molecule has 0 unspecified atom stereocenters. The molecule has 1 aliphatic carbocycles. The lowest BCUT2D eigenvalue weighted by atomic mass is 9.58. The Morgan fingerprint density at radius 2 is 1.79 bits per heavy atom. The zero-order chi connectivity index (χ0) is 27.9. The van der Waals surface area contributed by atoms with Gasteiger partial charge in [-0.1, -0.05) is 27.7 Å². The number of carbonyl (C=O) groups is 1. The fraction of sp³-hybridized carbons (Fsp3) is 0.667. The van der Waals surface area contributed by atoms with Gasteiger partial charge in [0.05, 0.1) is 14.2 Å². The molecule has 1 aromatic heterocycles. The normalized spacial score (nSPS) is 22.2. The highest BCUT2D eigenvalue weighted by Gasteiger charge is 2.65. The summed E-state index contributed by atoms with van der Waals surface area (Å²) in [7, 11) is 3.04. The third-order valence-corrected chi connectivity index (χ3v) is 7.36. The number of methoxy groups -OCH3 is 2. The molecule has 0 radical (unpaired) electrons. The van der Waals surface area contributed by atoms with Crippen LogP contribution in [0.3, 0.4) is 0 Å². The molecule has 1 atom stereocenters. The number of halogens is 2. The Morgan fingerprint density at radius 1 is 1.11 bits per heavy atom. The van der Waals surface area contributed by atoms with E-state index >= 15 is 8.78 Å². The van der Waals surface area contributed by atoms with E-state index in [-0.39, 0.29) is 37.8 Å². The molecule has 2 fully saturated rings. The van der Waals surface area contributed by atoms with Crippen molar-refractivity contribution in [3.8, 4) is 17.2 Å². The first-order valence-corrected chi connectivity index (χ1v) is 12.8. The van der Waals surface area contributed by atoms with Gasteiger partial charge in [0, 0.05) is 12.6 Å². The molecule has 1 saturated carbocycles. The molecule has 2 aliphatic rings. The second-order valence-corrected chi connectivity index (χ2v) is 12.0. The number of amides is 1. The second kappa shape index (κ2) is 9.98. The van der Waals surface area contributed by atoms with Crippen LogP contribution in [0.1, 0.15) is 77.6 Å². The fourth-order valence-corrected chi connectivity index (χ4v) is 6.43. The maximum atomic E-state index is 15.8. The summed E-state index contributed by atoms with van der Waals surface area (Å²) in [6, 6.07) is 4.24. The Bertz CT molecular complexity index is 1150. The summed E-state index contributed by atoms with van der Waals surface area (Å²) in [4.78, 5) is 14.4. The molecule has 9 nitrogen and oxygen atoms in total. The minimum Gasteiger partial charge on any atom is -0.497 e. The van der Waals surface area contributed by atoms with Gasteiger partial charge in [-0.3, -0.25) is 4.79 Å². The third kappa shape index (κ3) is 5.43. The van der Waals surface area contributed by atoms with Crippen molar-refractivity contribution in [3.05, 3.63) is 30.0 Å². The van der Waals surface area contributed by atoms with E-state index in [4.69, 9.17) is 18.6 Å². The summed E-state index contributed by atoms with van der Waals surface area (Å²) in [6.45, 7) is 7.42. The first kappa shape index (κ1) is 28.1. The zero-order valence-electron chi connectivity index (χ0n) is 22.8. The maximum Gasteiger partial charge on any atom is 0.352 e. The lowest BCUT2D eigenvalue weighted by molar-refractivity contribution is -0.231. The van der Waals surface area contributed by atoms with Gasteiger partial charge in [0.2, 0.25) is 5.89 Å². The number of aromatic nitrogens is 2. The first-order chi connectivity index (χ1) is 17.7. The summed E-state index contributed by atoms with van der Waals surface area (Å²) in [5, 5.41) is 19.2. The van der Waals surface area contributed by atoms with Gasteiger partial charge in [0.1, 0.15) is 17.4 Å². The van der Waals surface area contributed by atoms with E-state index in [9.17, 15) is 9.90 Å². The molecule has 0 spiro atoms. The average Bonchev–Trinajstić information content (AvgIpc) is 3.49. The van der Waals surface area contributed by atoms with E-state index in [1.807, 2.05) is 27.7 Å². The topological polar surface area (TPSA) is 107 Å². The van der Waals surface area contributed by atoms with Crippen LogP contribution in [0.4, 0.5) is 8.78 Å². The molecule has 1 saturated heterocycles. The molecule has 1 aromatic carbocycles. The van der Waals surface area contributed by atoms with E-state index in [1.165, 1.54) is 7.11 Å². The maximum absolute atomic E-state index is 15.8. The number of hydrogen-bond donors (Lipinski definition) is 1. The average molecular weight is 538 g/mol. The van der Waals surface area contributed by atoms with E-state index in [2.05, 4.69) is 10.2 Å². The standard InChI is InChI=1S/C27H37F2N3O6/c1-24(2)14-25(3,4)16-26(34,15-24)27(28,29)23(33)32-11-7-8-18(32)22-31-30-21(38-22)13-37-19-10-9-17(35-5)12-20(19)36-6/h9-10,12,18,34H,7-8,11,13-16H2,1-6H3/t18-/m0/s1. The highest BCUT2D eigenvalue weighted by Crippen LogP contribution is 2.55. The Balaban J connectivity index is 1.49. The number of nitrogens with zero attached hydrogens (tertiary/aromatic N) is 3. The van der Waals surface area contributed by atoms with Gasteiger partial charge < -0.3 is 28.6 Å². The number of ether oxygens (including phenoxy) is 3. The lowest BCUT2D eigenvalue weighted by Crippen LogP contribution is -2.62. The van der Waals surface area contributed by atoms with Gasteiger partial charge in [-0.15, -0.1) is 10.2 Å². The lowest BCUT2D eigenvalue weighted by Gasteiger charge is -2.51. The van der Waals surface area contributed by atoms with Crippen molar-refractivity contribution in [1.82, 2.24) is 15.1 Å². The van der Waals surface area contributed by atoms with Crippen LogP contribution in [-0.2, 0) is 11.4 Å². The highest BCUT2D eigenvalue weighted by atomic mass is 19.3. The van der Waals surface area contributed by atoms with Gasteiger partial charge in [-0.05, 0) is 55.1 Å². The van der Waals surface area contributed by atoms with Crippen LogP contribution in [0.5, 0.6) is 17.2 Å². The van der Waals surface area contributed by atoms with Crippen LogP contribution in [0.2, 0.25) is 0 Å². The van der Waals surface area contributed by atoms with Gasteiger partial charge in [0.15, 0.2) is 18.1 Å². The Kier molecular flexibility index (Phi) is 7.37. The van der Waals surface area contributed by atoms with Crippen molar-refractivity contribution in [3.63, 3.8) is 0 Å². The Morgan fingerprint density at radius 3 is 2.42 bits per heavy atom. The van der Waals surface area contributed by atoms with Gasteiger partial charge >= 0.3 is 5.92 Å². The van der Waals surface area contributed by atoms with E-state index in [0.29, 0.717) is 36.5 Å². The predicted molar refractivity (Wildman–Crippen MR) is 133 cm³/mol. The number of hydrogen-bond acceptors (Lipinski definition) is 8. The number of benzene rings is 1. The molecule has 11 heteroatoms. The molecule has 1 N–H and O–H groups in total. The number of alkyl halides is 2. The van der Waals surface area contributed by atoms with Crippen LogP contribution >= 0.6 is 0 Å². The van der Waals surface area contributed by atoms with Gasteiger partial charge in [0.25, 0.3) is 11.8 Å². The number of aliphatic hydroxyl groups is 1. The molecule has 2 heterocycles. The van der Waals surface area contributed by atoms with Crippen molar-refractivity contribution in [2.24, 2.45) is 10.8 Å². The summed E-state index contributed by atoms with van der Waals surface area (Å²) in [5.74, 6) is -3.72. The van der Waals surface area contributed by atoms with Crippen LogP contribution in [0, 0.1) is 10.8 Å². The SMILES string of the molecule is COc1ccc(OCc2nnc([C@@H]3CCCN3C(=O)C(F)(F)C3(O)CC(C)(C)CC(C)(C)C3)o2)c(OC)c1. The monoisotopic (exact) mass is 537 g/mol. The van der Waals surface area contributed by atoms with E-state index < -0.39 is 34.3 Å². The Hall–Kier alpha value is -2.95. The summed E-state index contributed by atoms with van der Waals surface area (Å²) in [6.07, 6.45) is 1.23. The molecule has 0 bridgehead atoms. The van der Waals surface area contributed by atoms with Crippen molar-refractivity contribution in [1.29, 1.82) is 0 Å². The molecule has 1 aliphatic heterocycles. The van der Waals surface area contributed by atoms with E-state index in [0.717, 1.165) is 4.90 Å². The molecular formula is C27H37F2N3O6. The smallest absolute Gasteiger partial charge is 0.352 e. The van der Waals surface area contributed by atoms with Crippen molar-refractivity contribution in [2.75, 3.05) is 20.8 Å². The summed E-state index contributed by atoms with van der Waals surface area (Å²) < 4.78 is 53.6. The molecule has 210 valence electrons. The highest BCUT2D eigenvalue weighted by molar-refractivity contribution is 5.85. The van der Waals surface area contributed by atoms with Crippen molar-refractivity contribution in [2.45, 2.75) is 84.0 Å². The minimum atomic E-state index is -3.97. The first-order valence-electron chi connectivity index (χ1n) is 12.8. The van der Waals surface area contributed by atoms with Crippen LogP contribution in [0.25, 0.3) is 0 Å². The van der Waals surface area contributed by atoms with Crippen LogP contribution in [-0.4, -0.2) is 58.4 Å².